The van der Waals surface area contributed by atoms with Crippen LogP contribution in [0.2, 0.25) is 0 Å². The Morgan fingerprint density at radius 2 is 1.83 bits per heavy atom. The average molecular weight is 343 g/mol. The van der Waals surface area contributed by atoms with Crippen molar-refractivity contribution >= 4 is 15.7 Å². The highest BCUT2D eigenvalue weighted by atomic mass is 32.2. The number of ether oxygens (including phenoxy) is 1. The van der Waals surface area contributed by atoms with Crippen molar-refractivity contribution in [2.45, 2.75) is 30.7 Å². The SMILES string of the molecule is C/C=C/[C@H]1CCc2ccccc2N1S(=O)(=O)c1ccc(OC)cc1. The molecular formula is C19H21NO3S. The van der Waals surface area contributed by atoms with Crippen LogP contribution in [-0.4, -0.2) is 21.6 Å². The summed E-state index contributed by atoms with van der Waals surface area (Å²) < 4.78 is 33.2. The molecule has 1 atom stereocenters. The summed E-state index contributed by atoms with van der Waals surface area (Å²) in [7, 11) is -2.08. The summed E-state index contributed by atoms with van der Waals surface area (Å²) in [5.74, 6) is 0.637. The number of benzene rings is 2. The van der Waals surface area contributed by atoms with Gasteiger partial charge in [-0.05, 0) is 55.7 Å². The highest BCUT2D eigenvalue weighted by molar-refractivity contribution is 7.92. The van der Waals surface area contributed by atoms with Gasteiger partial charge in [0.1, 0.15) is 5.75 Å². The lowest BCUT2D eigenvalue weighted by Gasteiger charge is -2.36. The van der Waals surface area contributed by atoms with Crippen LogP contribution in [0.4, 0.5) is 5.69 Å². The smallest absolute Gasteiger partial charge is 0.264 e. The van der Waals surface area contributed by atoms with Crippen LogP contribution in [0.15, 0.2) is 65.6 Å². The fraction of sp³-hybridized carbons (Fsp3) is 0.263. The van der Waals surface area contributed by atoms with E-state index in [-0.39, 0.29) is 10.9 Å². The minimum atomic E-state index is -3.65. The summed E-state index contributed by atoms with van der Waals surface area (Å²) in [5.41, 5.74) is 1.83. The highest BCUT2D eigenvalue weighted by Gasteiger charge is 2.34. The molecule has 0 N–H and O–H groups in total. The number of anilines is 1. The van der Waals surface area contributed by atoms with Crippen LogP contribution in [0, 0.1) is 0 Å². The molecule has 1 heterocycles. The molecule has 0 aliphatic carbocycles. The van der Waals surface area contributed by atoms with E-state index >= 15 is 0 Å². The minimum absolute atomic E-state index is 0.169. The van der Waals surface area contributed by atoms with Gasteiger partial charge < -0.3 is 4.74 Å². The van der Waals surface area contributed by atoms with Gasteiger partial charge in [-0.1, -0.05) is 30.4 Å². The summed E-state index contributed by atoms with van der Waals surface area (Å²) in [4.78, 5) is 0.273. The highest BCUT2D eigenvalue weighted by Crippen LogP contribution is 2.36. The first-order valence-corrected chi connectivity index (χ1v) is 9.41. The van der Waals surface area contributed by atoms with Gasteiger partial charge in [0.2, 0.25) is 0 Å². The molecule has 0 fully saturated rings. The maximum Gasteiger partial charge on any atom is 0.264 e. The molecule has 0 spiro atoms. The second kappa shape index (κ2) is 6.69. The molecule has 24 heavy (non-hydrogen) atoms. The average Bonchev–Trinajstić information content (AvgIpc) is 2.61. The second-order valence-corrected chi connectivity index (χ2v) is 7.55. The van der Waals surface area contributed by atoms with E-state index in [1.807, 2.05) is 43.3 Å². The number of rotatable bonds is 4. The number of nitrogens with zero attached hydrogens (tertiary/aromatic N) is 1. The first kappa shape index (κ1) is 16.6. The number of sulfonamides is 1. The molecule has 0 radical (unpaired) electrons. The number of aryl methyl sites for hydroxylation is 1. The van der Waals surface area contributed by atoms with Gasteiger partial charge in [0.25, 0.3) is 10.0 Å². The lowest BCUT2D eigenvalue weighted by molar-refractivity contribution is 0.414. The molecule has 0 unspecified atom stereocenters. The van der Waals surface area contributed by atoms with E-state index < -0.39 is 10.0 Å². The molecule has 2 aromatic rings. The summed E-state index contributed by atoms with van der Waals surface area (Å²) in [6.45, 7) is 1.92. The molecule has 0 amide bonds. The van der Waals surface area contributed by atoms with Crippen molar-refractivity contribution < 1.29 is 13.2 Å². The van der Waals surface area contributed by atoms with E-state index in [2.05, 4.69) is 0 Å². The van der Waals surface area contributed by atoms with E-state index in [0.29, 0.717) is 5.75 Å². The predicted octanol–water partition coefficient (Wildman–Crippen LogP) is 3.78. The number of fused-ring (bicyclic) bond motifs is 1. The molecule has 0 saturated carbocycles. The predicted molar refractivity (Wildman–Crippen MR) is 96.0 cm³/mol. The Balaban J connectivity index is 2.11. The molecule has 0 bridgehead atoms. The first-order valence-electron chi connectivity index (χ1n) is 7.97. The Morgan fingerprint density at radius 3 is 2.50 bits per heavy atom. The molecule has 0 saturated heterocycles. The van der Waals surface area contributed by atoms with Crippen LogP contribution in [0.5, 0.6) is 5.75 Å². The van der Waals surface area contributed by atoms with Gasteiger partial charge in [0.15, 0.2) is 0 Å². The largest absolute Gasteiger partial charge is 0.497 e. The van der Waals surface area contributed by atoms with Gasteiger partial charge in [-0.2, -0.15) is 0 Å². The maximum absolute atomic E-state index is 13.3. The van der Waals surface area contributed by atoms with Gasteiger partial charge in [0.05, 0.1) is 23.7 Å². The number of hydrogen-bond acceptors (Lipinski definition) is 3. The van der Waals surface area contributed by atoms with Gasteiger partial charge in [-0.15, -0.1) is 0 Å². The topological polar surface area (TPSA) is 46.6 Å². The lowest BCUT2D eigenvalue weighted by Crippen LogP contribution is -2.42. The van der Waals surface area contributed by atoms with Crippen molar-refractivity contribution in [3.05, 3.63) is 66.2 Å². The van der Waals surface area contributed by atoms with Crippen LogP contribution in [0.3, 0.4) is 0 Å². The minimum Gasteiger partial charge on any atom is -0.497 e. The molecule has 0 aromatic heterocycles. The number of methoxy groups -OCH3 is 1. The Kier molecular flexibility index (Phi) is 4.62. The van der Waals surface area contributed by atoms with Gasteiger partial charge in [-0.3, -0.25) is 4.31 Å². The van der Waals surface area contributed by atoms with Crippen molar-refractivity contribution in [1.29, 1.82) is 0 Å². The molecule has 1 aliphatic rings. The number of hydrogen-bond donors (Lipinski definition) is 0. The number of para-hydroxylation sites is 1. The quantitative estimate of drug-likeness (QED) is 0.794. The van der Waals surface area contributed by atoms with Crippen molar-refractivity contribution in [2.75, 3.05) is 11.4 Å². The van der Waals surface area contributed by atoms with Gasteiger partial charge in [-0.25, -0.2) is 8.42 Å². The van der Waals surface area contributed by atoms with Crippen molar-refractivity contribution in [3.8, 4) is 5.75 Å². The maximum atomic E-state index is 13.3. The Hall–Kier alpha value is -2.27. The van der Waals surface area contributed by atoms with Crippen LogP contribution < -0.4 is 9.04 Å². The summed E-state index contributed by atoms with van der Waals surface area (Å²) in [6, 6.07) is 14.1. The normalized spacial score (nSPS) is 17.8. The van der Waals surface area contributed by atoms with Crippen LogP contribution in [0.1, 0.15) is 18.9 Å². The third-order valence-corrected chi connectivity index (χ3v) is 6.12. The molecule has 2 aromatic carbocycles. The van der Waals surface area contributed by atoms with Crippen LogP contribution in [0.25, 0.3) is 0 Å². The van der Waals surface area contributed by atoms with E-state index in [4.69, 9.17) is 4.74 Å². The van der Waals surface area contributed by atoms with E-state index in [1.54, 1.807) is 35.7 Å². The van der Waals surface area contributed by atoms with E-state index in [1.165, 1.54) is 0 Å². The fourth-order valence-corrected chi connectivity index (χ4v) is 4.78. The van der Waals surface area contributed by atoms with Crippen molar-refractivity contribution in [1.82, 2.24) is 0 Å². The molecule has 5 heteroatoms. The third-order valence-electron chi connectivity index (χ3n) is 4.27. The van der Waals surface area contributed by atoms with Crippen molar-refractivity contribution in [2.24, 2.45) is 0 Å². The monoisotopic (exact) mass is 343 g/mol. The van der Waals surface area contributed by atoms with Crippen LogP contribution >= 0.6 is 0 Å². The Labute approximate surface area is 143 Å². The van der Waals surface area contributed by atoms with Crippen molar-refractivity contribution in [3.63, 3.8) is 0 Å². The Morgan fingerprint density at radius 1 is 1.12 bits per heavy atom. The Bertz CT molecular complexity index is 841. The summed E-state index contributed by atoms with van der Waals surface area (Å²) >= 11 is 0. The van der Waals surface area contributed by atoms with E-state index in [9.17, 15) is 8.42 Å². The standard InChI is InChI=1S/C19H21NO3S/c1-3-6-16-10-9-15-7-4-5-8-19(15)20(16)24(21,22)18-13-11-17(23-2)12-14-18/h3-8,11-14,16H,9-10H2,1-2H3/b6-3+/t16-/m0/s1. The lowest BCUT2D eigenvalue weighted by atomic mass is 9.98. The zero-order valence-electron chi connectivity index (χ0n) is 13.8. The summed E-state index contributed by atoms with van der Waals surface area (Å²) in [6.07, 6.45) is 5.52. The van der Waals surface area contributed by atoms with Gasteiger partial charge >= 0.3 is 0 Å². The fourth-order valence-electron chi connectivity index (χ4n) is 3.10. The second-order valence-electron chi connectivity index (χ2n) is 5.74. The molecule has 4 nitrogen and oxygen atoms in total. The molecular weight excluding hydrogens is 322 g/mol. The molecule has 3 rings (SSSR count). The van der Waals surface area contributed by atoms with Gasteiger partial charge in [0, 0.05) is 0 Å². The molecule has 1 aliphatic heterocycles. The molecule has 126 valence electrons. The zero-order chi connectivity index (χ0) is 17.2. The van der Waals surface area contributed by atoms with Crippen LogP contribution in [-0.2, 0) is 16.4 Å². The third kappa shape index (κ3) is 2.91. The zero-order valence-corrected chi connectivity index (χ0v) is 14.7. The number of allylic oxidation sites excluding steroid dienone is 1. The van der Waals surface area contributed by atoms with E-state index in [0.717, 1.165) is 24.1 Å². The first-order chi connectivity index (χ1) is 11.6. The summed E-state index contributed by atoms with van der Waals surface area (Å²) in [5, 5.41) is 0.